The summed E-state index contributed by atoms with van der Waals surface area (Å²) in [5.74, 6) is 1.10. The molecule has 1 saturated heterocycles. The Bertz CT molecular complexity index is 468. The summed E-state index contributed by atoms with van der Waals surface area (Å²) in [6.07, 6.45) is 3.58. The van der Waals surface area contributed by atoms with Crippen LogP contribution in [-0.2, 0) is 11.2 Å². The summed E-state index contributed by atoms with van der Waals surface area (Å²) >= 11 is 0. The van der Waals surface area contributed by atoms with Crippen molar-refractivity contribution in [2.24, 2.45) is 5.41 Å². The second-order valence-corrected chi connectivity index (χ2v) is 5.70. The minimum atomic E-state index is -0.175. The third-order valence-electron chi connectivity index (χ3n) is 4.59. The topological polar surface area (TPSA) is 50.4 Å². The fraction of sp³-hybridized carbons (Fsp3) is 0.588. The average Bonchev–Trinajstić information content (AvgIpc) is 2.55. The van der Waals surface area contributed by atoms with Crippen molar-refractivity contribution in [3.8, 4) is 5.75 Å². The number of hydrogen-bond acceptors (Lipinski definition) is 3. The zero-order chi connectivity index (χ0) is 15.1. The van der Waals surface area contributed by atoms with Gasteiger partial charge < -0.3 is 15.4 Å². The number of para-hydroxylation sites is 1. The van der Waals surface area contributed by atoms with E-state index in [2.05, 4.69) is 17.6 Å². The number of ether oxygens (including phenoxy) is 1. The number of carbonyl (C=O) groups excluding carboxylic acids is 1. The highest BCUT2D eigenvalue weighted by molar-refractivity contribution is 5.82. The van der Waals surface area contributed by atoms with Gasteiger partial charge in [0, 0.05) is 6.54 Å². The van der Waals surface area contributed by atoms with Crippen LogP contribution < -0.4 is 15.4 Å². The van der Waals surface area contributed by atoms with Gasteiger partial charge in [-0.1, -0.05) is 25.1 Å². The van der Waals surface area contributed by atoms with Gasteiger partial charge in [0.1, 0.15) is 5.75 Å². The van der Waals surface area contributed by atoms with Crippen molar-refractivity contribution in [1.82, 2.24) is 10.6 Å². The maximum atomic E-state index is 12.5. The maximum absolute atomic E-state index is 12.5. The maximum Gasteiger partial charge on any atom is 0.226 e. The van der Waals surface area contributed by atoms with Gasteiger partial charge in [0.2, 0.25) is 5.91 Å². The third kappa shape index (κ3) is 3.76. The molecule has 0 aliphatic carbocycles. The fourth-order valence-electron chi connectivity index (χ4n) is 3.05. The van der Waals surface area contributed by atoms with Crippen molar-refractivity contribution in [3.05, 3.63) is 29.8 Å². The van der Waals surface area contributed by atoms with Gasteiger partial charge in [0.15, 0.2) is 0 Å². The summed E-state index contributed by atoms with van der Waals surface area (Å²) in [4.78, 5) is 12.5. The highest BCUT2D eigenvalue weighted by Gasteiger charge is 2.37. The van der Waals surface area contributed by atoms with Crippen LogP contribution in [0.4, 0.5) is 0 Å². The molecule has 2 rings (SSSR count). The van der Waals surface area contributed by atoms with Crippen LogP contribution in [0.5, 0.6) is 5.75 Å². The first kappa shape index (κ1) is 15.8. The molecule has 0 atom stereocenters. The van der Waals surface area contributed by atoms with E-state index in [1.807, 2.05) is 24.3 Å². The number of rotatable bonds is 6. The van der Waals surface area contributed by atoms with Crippen LogP contribution in [0, 0.1) is 5.41 Å². The Labute approximate surface area is 127 Å². The SMILES string of the molecule is CCC1(C(=O)NCCc2ccccc2OC)CCNCC1. The molecule has 0 saturated carbocycles. The Morgan fingerprint density at radius 3 is 2.71 bits per heavy atom. The van der Waals surface area contributed by atoms with Gasteiger partial charge in [-0.25, -0.2) is 0 Å². The van der Waals surface area contributed by atoms with Crippen LogP contribution in [0.3, 0.4) is 0 Å². The predicted octanol–water partition coefficient (Wildman–Crippen LogP) is 2.13. The summed E-state index contributed by atoms with van der Waals surface area (Å²) in [5, 5.41) is 6.45. The largest absolute Gasteiger partial charge is 0.496 e. The van der Waals surface area contributed by atoms with Crippen molar-refractivity contribution < 1.29 is 9.53 Å². The molecule has 0 radical (unpaired) electrons. The molecule has 1 amide bonds. The predicted molar refractivity (Wildman–Crippen MR) is 84.5 cm³/mol. The van der Waals surface area contributed by atoms with Gasteiger partial charge in [-0.05, 0) is 50.4 Å². The van der Waals surface area contributed by atoms with Crippen molar-refractivity contribution in [1.29, 1.82) is 0 Å². The number of benzene rings is 1. The lowest BCUT2D eigenvalue weighted by Crippen LogP contribution is -2.47. The molecule has 4 heteroatoms. The number of carbonyl (C=O) groups is 1. The number of amides is 1. The summed E-state index contributed by atoms with van der Waals surface area (Å²) in [6, 6.07) is 7.96. The quantitative estimate of drug-likeness (QED) is 0.844. The average molecular weight is 290 g/mol. The van der Waals surface area contributed by atoms with E-state index in [0.29, 0.717) is 6.54 Å². The minimum Gasteiger partial charge on any atom is -0.496 e. The molecule has 4 nitrogen and oxygen atoms in total. The zero-order valence-corrected chi connectivity index (χ0v) is 13.1. The monoisotopic (exact) mass is 290 g/mol. The first-order valence-electron chi connectivity index (χ1n) is 7.83. The van der Waals surface area contributed by atoms with Gasteiger partial charge >= 0.3 is 0 Å². The molecule has 0 aromatic heterocycles. The minimum absolute atomic E-state index is 0.175. The normalized spacial score (nSPS) is 17.2. The van der Waals surface area contributed by atoms with E-state index < -0.39 is 0 Å². The number of nitrogens with one attached hydrogen (secondary N) is 2. The van der Waals surface area contributed by atoms with E-state index in [1.54, 1.807) is 7.11 Å². The standard InChI is InChI=1S/C17H26N2O2/c1-3-17(9-12-18-13-10-17)16(20)19-11-8-14-6-4-5-7-15(14)21-2/h4-7,18H,3,8-13H2,1-2H3,(H,19,20). The first-order valence-corrected chi connectivity index (χ1v) is 7.83. The third-order valence-corrected chi connectivity index (χ3v) is 4.59. The van der Waals surface area contributed by atoms with Crippen molar-refractivity contribution in [2.45, 2.75) is 32.6 Å². The lowest BCUT2D eigenvalue weighted by Gasteiger charge is -2.35. The Hall–Kier alpha value is -1.55. The molecule has 1 heterocycles. The molecule has 21 heavy (non-hydrogen) atoms. The van der Waals surface area contributed by atoms with Crippen molar-refractivity contribution >= 4 is 5.91 Å². The number of piperidine rings is 1. The molecule has 1 aromatic rings. The van der Waals surface area contributed by atoms with Gasteiger partial charge in [0.25, 0.3) is 0 Å². The van der Waals surface area contributed by atoms with E-state index in [4.69, 9.17) is 4.74 Å². The van der Waals surface area contributed by atoms with Crippen LogP contribution in [0.15, 0.2) is 24.3 Å². The summed E-state index contributed by atoms with van der Waals surface area (Å²) < 4.78 is 5.34. The van der Waals surface area contributed by atoms with Gasteiger partial charge in [0.05, 0.1) is 12.5 Å². The molecular formula is C17H26N2O2. The van der Waals surface area contributed by atoms with Crippen LogP contribution in [0.25, 0.3) is 0 Å². The molecule has 1 aliphatic heterocycles. The van der Waals surface area contributed by atoms with E-state index in [1.165, 1.54) is 0 Å². The van der Waals surface area contributed by atoms with Gasteiger partial charge in [-0.15, -0.1) is 0 Å². The first-order chi connectivity index (χ1) is 10.2. The fourth-order valence-corrected chi connectivity index (χ4v) is 3.05. The Morgan fingerprint density at radius 1 is 1.33 bits per heavy atom. The highest BCUT2D eigenvalue weighted by atomic mass is 16.5. The molecule has 1 aromatic carbocycles. The summed E-state index contributed by atoms with van der Waals surface area (Å²) in [6.45, 7) is 4.65. The van der Waals surface area contributed by atoms with E-state index in [-0.39, 0.29) is 11.3 Å². The highest BCUT2D eigenvalue weighted by Crippen LogP contribution is 2.32. The number of hydrogen-bond donors (Lipinski definition) is 2. The van der Waals surface area contributed by atoms with E-state index in [0.717, 1.165) is 50.1 Å². The zero-order valence-electron chi connectivity index (χ0n) is 13.1. The van der Waals surface area contributed by atoms with Crippen LogP contribution in [-0.4, -0.2) is 32.7 Å². The van der Waals surface area contributed by atoms with Crippen LogP contribution in [0.2, 0.25) is 0 Å². The molecule has 0 spiro atoms. The van der Waals surface area contributed by atoms with E-state index >= 15 is 0 Å². The molecule has 1 fully saturated rings. The van der Waals surface area contributed by atoms with Crippen molar-refractivity contribution in [2.75, 3.05) is 26.7 Å². The van der Waals surface area contributed by atoms with Crippen molar-refractivity contribution in [3.63, 3.8) is 0 Å². The van der Waals surface area contributed by atoms with Gasteiger partial charge in [-0.3, -0.25) is 4.79 Å². The summed E-state index contributed by atoms with van der Waals surface area (Å²) in [7, 11) is 1.68. The molecule has 0 bridgehead atoms. The molecule has 116 valence electrons. The van der Waals surface area contributed by atoms with E-state index in [9.17, 15) is 4.79 Å². The lowest BCUT2D eigenvalue weighted by molar-refractivity contribution is -0.132. The van der Waals surface area contributed by atoms with Crippen LogP contribution in [0.1, 0.15) is 31.7 Å². The van der Waals surface area contributed by atoms with Gasteiger partial charge in [-0.2, -0.15) is 0 Å². The van der Waals surface area contributed by atoms with Crippen LogP contribution >= 0.6 is 0 Å². The molecular weight excluding hydrogens is 264 g/mol. The summed E-state index contributed by atoms with van der Waals surface area (Å²) in [5.41, 5.74) is 0.961. The second-order valence-electron chi connectivity index (χ2n) is 5.70. The molecule has 0 unspecified atom stereocenters. The second kappa shape index (κ2) is 7.46. The lowest BCUT2D eigenvalue weighted by atomic mass is 9.76. The number of methoxy groups -OCH3 is 1. The molecule has 2 N–H and O–H groups in total. The Balaban J connectivity index is 1.89. The Morgan fingerprint density at radius 2 is 2.05 bits per heavy atom. The molecule has 1 aliphatic rings. The Kier molecular flexibility index (Phi) is 5.62. The smallest absolute Gasteiger partial charge is 0.226 e.